The Morgan fingerprint density at radius 1 is 1.44 bits per heavy atom. The molecule has 0 radical (unpaired) electrons. The maximum absolute atomic E-state index is 11.6. The first kappa shape index (κ1) is 10.6. The van der Waals surface area contributed by atoms with E-state index in [1.54, 1.807) is 12.1 Å². The minimum atomic E-state index is -0.307. The van der Waals surface area contributed by atoms with E-state index in [0.717, 1.165) is 0 Å². The third-order valence-corrected chi connectivity index (χ3v) is 2.10. The highest BCUT2D eigenvalue weighted by atomic mass is 35.5. The summed E-state index contributed by atoms with van der Waals surface area (Å²) in [5, 5.41) is 6.63. The summed E-state index contributed by atoms with van der Waals surface area (Å²) in [6.07, 6.45) is 2.99. The van der Waals surface area contributed by atoms with Crippen LogP contribution in [-0.2, 0) is 6.54 Å². The Labute approximate surface area is 96.4 Å². The second-order valence-electron chi connectivity index (χ2n) is 3.02. The number of hydrogen-bond acceptors (Lipinski definition) is 4. The van der Waals surface area contributed by atoms with Gasteiger partial charge in [0, 0.05) is 17.3 Å². The predicted molar refractivity (Wildman–Crippen MR) is 56.9 cm³/mol. The van der Waals surface area contributed by atoms with Gasteiger partial charge in [0.05, 0.1) is 12.7 Å². The first-order valence-electron chi connectivity index (χ1n) is 4.55. The van der Waals surface area contributed by atoms with E-state index in [-0.39, 0.29) is 18.1 Å². The molecular formula is C10H8ClN3O2. The Bertz CT molecular complexity index is 485. The molecule has 2 heterocycles. The van der Waals surface area contributed by atoms with Crippen molar-refractivity contribution in [1.82, 2.24) is 15.5 Å². The van der Waals surface area contributed by atoms with Crippen LogP contribution >= 0.6 is 11.6 Å². The van der Waals surface area contributed by atoms with E-state index in [0.29, 0.717) is 10.8 Å². The molecule has 0 bridgehead atoms. The quantitative estimate of drug-likeness (QED) is 0.882. The number of carbonyl (C=O) groups excluding carboxylic acids is 1. The van der Waals surface area contributed by atoms with Gasteiger partial charge in [-0.2, -0.15) is 0 Å². The van der Waals surface area contributed by atoms with Crippen LogP contribution in [0.4, 0.5) is 0 Å². The smallest absolute Gasteiger partial charge is 0.270 e. The Morgan fingerprint density at radius 2 is 2.31 bits per heavy atom. The second kappa shape index (κ2) is 4.76. The number of carbonyl (C=O) groups is 1. The van der Waals surface area contributed by atoms with Gasteiger partial charge in [0.15, 0.2) is 5.76 Å². The van der Waals surface area contributed by atoms with Crippen molar-refractivity contribution < 1.29 is 9.32 Å². The van der Waals surface area contributed by atoms with Crippen molar-refractivity contribution in [3.63, 3.8) is 0 Å². The van der Waals surface area contributed by atoms with Gasteiger partial charge in [0.25, 0.3) is 5.91 Å². The number of nitrogens with one attached hydrogen (secondary N) is 1. The molecule has 0 aliphatic carbocycles. The molecule has 82 valence electrons. The highest BCUT2D eigenvalue weighted by Gasteiger charge is 2.07. The lowest BCUT2D eigenvalue weighted by Gasteiger charge is -2.01. The van der Waals surface area contributed by atoms with Crippen molar-refractivity contribution >= 4 is 17.5 Å². The van der Waals surface area contributed by atoms with Crippen LogP contribution in [0, 0.1) is 0 Å². The number of aromatic nitrogens is 2. The number of rotatable bonds is 3. The molecule has 5 nitrogen and oxygen atoms in total. The van der Waals surface area contributed by atoms with Gasteiger partial charge in [-0.3, -0.25) is 9.78 Å². The number of halogens is 1. The minimum absolute atomic E-state index is 0.270. The maximum atomic E-state index is 11.6. The summed E-state index contributed by atoms with van der Waals surface area (Å²) in [6, 6.07) is 4.78. The van der Waals surface area contributed by atoms with Crippen molar-refractivity contribution in [2.75, 3.05) is 0 Å². The van der Waals surface area contributed by atoms with Crippen LogP contribution in [0.5, 0.6) is 0 Å². The molecule has 0 aromatic carbocycles. The lowest BCUT2D eigenvalue weighted by molar-refractivity contribution is 0.0942. The fourth-order valence-corrected chi connectivity index (χ4v) is 1.28. The fourth-order valence-electron chi connectivity index (χ4n) is 1.12. The molecule has 6 heteroatoms. The van der Waals surface area contributed by atoms with Crippen LogP contribution in [-0.4, -0.2) is 16.0 Å². The zero-order valence-corrected chi connectivity index (χ0v) is 8.94. The summed E-state index contributed by atoms with van der Waals surface area (Å²) in [4.78, 5) is 15.5. The van der Waals surface area contributed by atoms with Crippen molar-refractivity contribution in [1.29, 1.82) is 0 Å². The standard InChI is InChI=1S/C10H8ClN3O2/c11-7-1-3-12-9(5-7)10(15)13-6-8-2-4-14-16-8/h1-5H,6H2,(H,13,15). The molecule has 0 aliphatic heterocycles. The number of hydrogen-bond donors (Lipinski definition) is 1. The molecule has 0 aliphatic rings. The first-order valence-corrected chi connectivity index (χ1v) is 4.93. The predicted octanol–water partition coefficient (Wildman–Crippen LogP) is 1.65. The van der Waals surface area contributed by atoms with Gasteiger partial charge in [-0.15, -0.1) is 0 Å². The van der Waals surface area contributed by atoms with Gasteiger partial charge in [-0.25, -0.2) is 0 Å². The highest BCUT2D eigenvalue weighted by molar-refractivity contribution is 6.30. The zero-order valence-electron chi connectivity index (χ0n) is 8.18. The average Bonchev–Trinajstić information content (AvgIpc) is 2.78. The zero-order chi connectivity index (χ0) is 11.4. The topological polar surface area (TPSA) is 68.0 Å². The number of nitrogens with zero attached hydrogens (tertiary/aromatic N) is 2. The SMILES string of the molecule is O=C(NCc1ccno1)c1cc(Cl)ccn1. The molecule has 2 aromatic rings. The molecule has 1 N–H and O–H groups in total. The Morgan fingerprint density at radius 3 is 3.00 bits per heavy atom. The first-order chi connectivity index (χ1) is 7.75. The van der Waals surface area contributed by atoms with Crippen LogP contribution in [0.1, 0.15) is 16.2 Å². The van der Waals surface area contributed by atoms with Gasteiger partial charge in [0.2, 0.25) is 0 Å². The number of amides is 1. The van der Waals surface area contributed by atoms with Crippen LogP contribution in [0.2, 0.25) is 5.02 Å². The summed E-state index contributed by atoms with van der Waals surface area (Å²) >= 11 is 5.74. The lowest BCUT2D eigenvalue weighted by Crippen LogP contribution is -2.23. The van der Waals surface area contributed by atoms with Crippen molar-refractivity contribution in [3.05, 3.63) is 47.1 Å². The summed E-state index contributed by atoms with van der Waals surface area (Å²) in [5.74, 6) is 0.272. The second-order valence-corrected chi connectivity index (χ2v) is 3.46. The molecule has 2 rings (SSSR count). The minimum Gasteiger partial charge on any atom is -0.360 e. The van der Waals surface area contributed by atoms with E-state index < -0.39 is 0 Å². The van der Waals surface area contributed by atoms with Gasteiger partial charge in [0.1, 0.15) is 5.69 Å². The lowest BCUT2D eigenvalue weighted by atomic mass is 10.3. The molecule has 0 saturated carbocycles. The molecule has 16 heavy (non-hydrogen) atoms. The van der Waals surface area contributed by atoms with Crippen LogP contribution in [0.25, 0.3) is 0 Å². The summed E-state index contributed by atoms with van der Waals surface area (Å²) in [6.45, 7) is 0.271. The average molecular weight is 238 g/mol. The third kappa shape index (κ3) is 2.58. The summed E-state index contributed by atoms with van der Waals surface area (Å²) in [5.41, 5.74) is 0.270. The Kier molecular flexibility index (Phi) is 3.16. The van der Waals surface area contributed by atoms with E-state index >= 15 is 0 Å². The monoisotopic (exact) mass is 237 g/mol. The van der Waals surface area contributed by atoms with Gasteiger partial charge in [-0.05, 0) is 12.1 Å². The van der Waals surface area contributed by atoms with Crippen LogP contribution in [0.15, 0.2) is 35.1 Å². The molecule has 0 spiro atoms. The maximum Gasteiger partial charge on any atom is 0.270 e. The summed E-state index contributed by atoms with van der Waals surface area (Å²) < 4.78 is 4.83. The third-order valence-electron chi connectivity index (χ3n) is 1.87. The van der Waals surface area contributed by atoms with E-state index in [1.807, 2.05) is 0 Å². The molecule has 0 fully saturated rings. The van der Waals surface area contributed by atoms with Gasteiger partial charge in [-0.1, -0.05) is 16.8 Å². The van der Waals surface area contributed by atoms with Crippen LogP contribution in [0.3, 0.4) is 0 Å². The molecule has 0 unspecified atom stereocenters. The molecule has 0 saturated heterocycles. The van der Waals surface area contributed by atoms with Crippen molar-refractivity contribution in [2.24, 2.45) is 0 Å². The Balaban J connectivity index is 1.98. The van der Waals surface area contributed by atoms with E-state index in [1.165, 1.54) is 18.5 Å². The normalized spacial score (nSPS) is 10.1. The largest absolute Gasteiger partial charge is 0.360 e. The van der Waals surface area contributed by atoms with Gasteiger partial charge >= 0.3 is 0 Å². The fraction of sp³-hybridized carbons (Fsp3) is 0.100. The van der Waals surface area contributed by atoms with E-state index in [9.17, 15) is 4.79 Å². The summed E-state index contributed by atoms with van der Waals surface area (Å²) in [7, 11) is 0. The molecular weight excluding hydrogens is 230 g/mol. The van der Waals surface area contributed by atoms with E-state index in [4.69, 9.17) is 16.1 Å². The van der Waals surface area contributed by atoms with E-state index in [2.05, 4.69) is 15.5 Å². The van der Waals surface area contributed by atoms with Crippen molar-refractivity contribution in [3.8, 4) is 0 Å². The van der Waals surface area contributed by atoms with Crippen LogP contribution < -0.4 is 5.32 Å². The molecule has 1 amide bonds. The number of pyridine rings is 1. The van der Waals surface area contributed by atoms with Gasteiger partial charge < -0.3 is 9.84 Å². The molecule has 2 aromatic heterocycles. The Hall–Kier alpha value is -1.88. The molecule has 0 atom stereocenters. The van der Waals surface area contributed by atoms with Crippen molar-refractivity contribution in [2.45, 2.75) is 6.54 Å². The highest BCUT2D eigenvalue weighted by Crippen LogP contribution is 2.07.